The van der Waals surface area contributed by atoms with Crippen LogP contribution in [0.2, 0.25) is 0 Å². The summed E-state index contributed by atoms with van der Waals surface area (Å²) in [5, 5.41) is 4.09. The number of rotatable bonds is 6. The highest BCUT2D eigenvalue weighted by atomic mass is 79.9. The molecule has 0 aliphatic heterocycles. The zero-order valence-electron chi connectivity index (χ0n) is 16.1. The highest BCUT2D eigenvalue weighted by Crippen LogP contribution is 2.29. The van der Waals surface area contributed by atoms with Crippen LogP contribution in [-0.4, -0.2) is 23.3 Å². The van der Waals surface area contributed by atoms with E-state index in [1.807, 2.05) is 38.1 Å². The number of halogens is 1. The van der Waals surface area contributed by atoms with Crippen LogP contribution in [0.25, 0.3) is 5.69 Å². The maximum atomic E-state index is 11.9. The first-order chi connectivity index (χ1) is 13.5. The molecule has 6 heteroatoms. The summed E-state index contributed by atoms with van der Waals surface area (Å²) in [5.74, 6) is 0.329. The number of nitrogens with zero attached hydrogens (tertiary/aromatic N) is 2. The van der Waals surface area contributed by atoms with Crippen molar-refractivity contribution in [2.75, 3.05) is 6.61 Å². The monoisotopic (exact) mass is 439 g/mol. The highest BCUT2D eigenvalue weighted by Gasteiger charge is 2.15. The Morgan fingerprint density at radius 2 is 1.86 bits per heavy atom. The van der Waals surface area contributed by atoms with Crippen molar-refractivity contribution in [2.24, 2.45) is 5.10 Å². The van der Waals surface area contributed by atoms with Gasteiger partial charge in [-0.2, -0.15) is 5.10 Å². The fourth-order valence-corrected chi connectivity index (χ4v) is 3.56. The van der Waals surface area contributed by atoms with Gasteiger partial charge in [0, 0.05) is 27.1 Å². The first kappa shape index (κ1) is 19.9. The minimum Gasteiger partial charge on any atom is -0.484 e. The average Bonchev–Trinajstić information content (AvgIpc) is 2.90. The van der Waals surface area contributed by atoms with E-state index in [1.165, 1.54) is 5.56 Å². The Balaban J connectivity index is 1.70. The van der Waals surface area contributed by atoms with Gasteiger partial charge < -0.3 is 9.30 Å². The molecule has 0 unspecified atom stereocenters. The molecule has 0 saturated carbocycles. The molecule has 1 heterocycles. The number of benzene rings is 2. The lowest BCUT2D eigenvalue weighted by atomic mass is 10.2. The number of hydrogen-bond acceptors (Lipinski definition) is 3. The van der Waals surface area contributed by atoms with Crippen LogP contribution in [-0.2, 0) is 4.79 Å². The molecule has 0 aliphatic rings. The third-order valence-corrected chi connectivity index (χ3v) is 5.37. The van der Waals surface area contributed by atoms with Crippen molar-refractivity contribution in [1.29, 1.82) is 0 Å². The van der Waals surface area contributed by atoms with Gasteiger partial charge in [-0.1, -0.05) is 30.3 Å². The molecule has 0 bridgehead atoms. The van der Waals surface area contributed by atoms with Crippen LogP contribution in [0, 0.1) is 20.8 Å². The Bertz CT molecular complexity index is 1010. The normalized spacial score (nSPS) is 11.0. The number of hydrogen-bond donors (Lipinski definition) is 1. The maximum absolute atomic E-state index is 11.9. The smallest absolute Gasteiger partial charge is 0.277 e. The van der Waals surface area contributed by atoms with Gasteiger partial charge in [0.25, 0.3) is 5.91 Å². The Kier molecular flexibility index (Phi) is 6.31. The van der Waals surface area contributed by atoms with Crippen LogP contribution in [0.5, 0.6) is 5.75 Å². The predicted octanol–water partition coefficient (Wildman–Crippen LogP) is 4.69. The van der Waals surface area contributed by atoms with Gasteiger partial charge in [-0.15, -0.1) is 0 Å². The van der Waals surface area contributed by atoms with Gasteiger partial charge in [-0.3, -0.25) is 4.79 Å². The molecule has 3 rings (SSSR count). The number of para-hydroxylation sites is 1. The van der Waals surface area contributed by atoms with Crippen LogP contribution in [0.3, 0.4) is 0 Å². The van der Waals surface area contributed by atoms with Gasteiger partial charge in [-0.25, -0.2) is 5.43 Å². The lowest BCUT2D eigenvalue weighted by Crippen LogP contribution is -2.24. The summed E-state index contributed by atoms with van der Waals surface area (Å²) < 4.78 is 8.53. The predicted molar refractivity (Wildman–Crippen MR) is 115 cm³/mol. The van der Waals surface area contributed by atoms with E-state index in [2.05, 4.69) is 56.1 Å². The van der Waals surface area contributed by atoms with Gasteiger partial charge >= 0.3 is 0 Å². The zero-order chi connectivity index (χ0) is 20.1. The molecule has 0 spiro atoms. The minimum absolute atomic E-state index is 0.0924. The van der Waals surface area contributed by atoms with Crippen LogP contribution in [0.1, 0.15) is 22.5 Å². The number of nitrogens with one attached hydrogen (secondary N) is 1. The van der Waals surface area contributed by atoms with E-state index in [1.54, 1.807) is 18.3 Å². The number of carbonyl (C=O) groups excluding carboxylic acids is 1. The molecule has 0 saturated heterocycles. The van der Waals surface area contributed by atoms with Crippen LogP contribution in [0.4, 0.5) is 0 Å². The molecule has 1 N–H and O–H groups in total. The number of aryl methyl sites for hydroxylation is 1. The molecule has 1 amide bonds. The number of hydrazone groups is 1. The van der Waals surface area contributed by atoms with Crippen molar-refractivity contribution >= 4 is 28.1 Å². The third-order valence-electron chi connectivity index (χ3n) is 4.37. The van der Waals surface area contributed by atoms with Crippen molar-refractivity contribution in [2.45, 2.75) is 20.8 Å². The molecule has 0 radical (unpaired) electrons. The maximum Gasteiger partial charge on any atom is 0.277 e. The van der Waals surface area contributed by atoms with Gasteiger partial charge in [0.15, 0.2) is 6.61 Å². The summed E-state index contributed by atoms with van der Waals surface area (Å²) >= 11 is 3.65. The molecule has 144 valence electrons. The second-order valence-electron chi connectivity index (χ2n) is 6.47. The molecule has 5 nitrogen and oxygen atoms in total. The second-order valence-corrected chi connectivity index (χ2v) is 7.26. The Labute approximate surface area is 173 Å². The van der Waals surface area contributed by atoms with Crippen molar-refractivity contribution in [1.82, 2.24) is 9.99 Å². The largest absolute Gasteiger partial charge is 0.484 e. The van der Waals surface area contributed by atoms with Crippen molar-refractivity contribution < 1.29 is 9.53 Å². The molecule has 3 aromatic rings. The Morgan fingerprint density at radius 3 is 2.57 bits per heavy atom. The zero-order valence-corrected chi connectivity index (χ0v) is 17.7. The Hall–Kier alpha value is -2.86. The third kappa shape index (κ3) is 4.51. The highest BCUT2D eigenvalue weighted by molar-refractivity contribution is 9.10. The quantitative estimate of drug-likeness (QED) is 0.447. The van der Waals surface area contributed by atoms with Crippen molar-refractivity contribution in [3.63, 3.8) is 0 Å². The first-order valence-corrected chi connectivity index (χ1v) is 9.71. The number of amides is 1. The molecule has 0 atom stereocenters. The van der Waals surface area contributed by atoms with E-state index < -0.39 is 0 Å². The summed E-state index contributed by atoms with van der Waals surface area (Å²) in [6.45, 7) is 6.05. The molecule has 28 heavy (non-hydrogen) atoms. The van der Waals surface area contributed by atoms with Crippen LogP contribution < -0.4 is 10.2 Å². The van der Waals surface area contributed by atoms with Crippen LogP contribution in [0.15, 0.2) is 64.2 Å². The van der Waals surface area contributed by atoms with Gasteiger partial charge in [0.05, 0.1) is 6.21 Å². The number of ether oxygens (including phenoxy) is 1. The van der Waals surface area contributed by atoms with Gasteiger partial charge in [0.1, 0.15) is 5.75 Å². The van der Waals surface area contributed by atoms with E-state index in [0.29, 0.717) is 5.75 Å². The van der Waals surface area contributed by atoms with E-state index in [9.17, 15) is 4.79 Å². The van der Waals surface area contributed by atoms with Gasteiger partial charge in [-0.05, 0) is 66.5 Å². The van der Waals surface area contributed by atoms with Crippen LogP contribution >= 0.6 is 15.9 Å². The minimum atomic E-state index is -0.316. The van der Waals surface area contributed by atoms with E-state index in [0.717, 1.165) is 27.1 Å². The van der Waals surface area contributed by atoms with E-state index >= 15 is 0 Å². The van der Waals surface area contributed by atoms with Crippen molar-refractivity contribution in [3.8, 4) is 11.4 Å². The molecule has 0 fully saturated rings. The topological polar surface area (TPSA) is 55.6 Å². The fourth-order valence-electron chi connectivity index (χ4n) is 3.00. The molecular formula is C22H22BrN3O2. The first-order valence-electron chi connectivity index (χ1n) is 8.91. The molecular weight excluding hydrogens is 418 g/mol. The summed E-state index contributed by atoms with van der Waals surface area (Å²) in [4.78, 5) is 11.9. The number of carbonyl (C=O) groups is 1. The second kappa shape index (κ2) is 8.89. The summed E-state index contributed by atoms with van der Waals surface area (Å²) in [6, 6.07) is 17.5. The number of aromatic nitrogens is 1. The summed E-state index contributed by atoms with van der Waals surface area (Å²) in [6.07, 6.45) is 1.65. The molecule has 2 aromatic carbocycles. The summed E-state index contributed by atoms with van der Waals surface area (Å²) in [7, 11) is 0. The van der Waals surface area contributed by atoms with Crippen molar-refractivity contribution in [3.05, 3.63) is 81.6 Å². The Morgan fingerprint density at radius 1 is 1.11 bits per heavy atom. The SMILES string of the molecule is Cc1cccc(-n2c(C)c(Br)c(/C=N\NC(=O)COc3ccccc3)c2C)c1. The van der Waals surface area contributed by atoms with E-state index in [-0.39, 0.29) is 12.5 Å². The average molecular weight is 440 g/mol. The standard InChI is InChI=1S/C22H22BrN3O2/c1-15-8-7-9-18(12-15)26-16(2)20(22(23)17(26)3)13-24-25-21(27)14-28-19-10-5-4-6-11-19/h4-13H,14H2,1-3H3,(H,25,27)/b24-13-. The molecule has 0 aliphatic carbocycles. The van der Waals surface area contributed by atoms with Gasteiger partial charge in [0.2, 0.25) is 0 Å². The summed E-state index contributed by atoms with van der Waals surface area (Å²) in [5.41, 5.74) is 7.83. The molecule has 1 aromatic heterocycles. The van der Waals surface area contributed by atoms with E-state index in [4.69, 9.17) is 4.74 Å². The fraction of sp³-hybridized carbons (Fsp3) is 0.182. The lowest BCUT2D eigenvalue weighted by Gasteiger charge is -2.10. The lowest BCUT2D eigenvalue weighted by molar-refractivity contribution is -0.123.